The molecule has 0 aromatic rings. The largest absolute Gasteiger partial charge is 0.323 e. The Bertz CT molecular complexity index is 11.5. The van der Waals surface area contributed by atoms with Gasteiger partial charge in [-0.2, -0.15) is 0 Å². The van der Waals surface area contributed by atoms with E-state index in [1.54, 1.807) is 0 Å². The maximum atomic E-state index is 4.42. The first-order valence-electron chi connectivity index (χ1n) is 1.33. The van der Waals surface area contributed by atoms with E-state index >= 15 is 0 Å². The van der Waals surface area contributed by atoms with Crippen molar-refractivity contribution in [2.24, 2.45) is 5.50 Å². The fourth-order valence-electron chi connectivity index (χ4n) is 0. The summed E-state index contributed by atoms with van der Waals surface area (Å²) in [5.74, 6) is 0. The Morgan fingerprint density at radius 1 is 1.33 bits per heavy atom. The molecule has 6 heavy (non-hydrogen) atoms. The molecule has 3 N–H and O–H groups in total. The molecule has 0 aliphatic heterocycles. The SMILES string of the molecule is CNC.NP.[W]. The zero-order valence-corrected chi connectivity index (χ0v) is 8.15. The molecule has 0 rings (SSSR count). The van der Waals surface area contributed by atoms with Gasteiger partial charge in [0.2, 0.25) is 0 Å². The maximum Gasteiger partial charge on any atom is 0 e. The van der Waals surface area contributed by atoms with Crippen LogP contribution in [0.5, 0.6) is 0 Å². The Labute approximate surface area is 55.8 Å². The average molecular weight is 278 g/mol. The first kappa shape index (κ1) is 15.7. The minimum Gasteiger partial charge on any atom is -0.323 e. The minimum absolute atomic E-state index is 0. The van der Waals surface area contributed by atoms with Gasteiger partial charge in [0.05, 0.1) is 0 Å². The first-order valence-corrected chi connectivity index (χ1v) is 2.00. The number of hydrogen-bond donors (Lipinski definition) is 2. The number of rotatable bonds is 0. The van der Waals surface area contributed by atoms with Gasteiger partial charge in [0.25, 0.3) is 0 Å². The molecule has 2 nitrogen and oxygen atoms in total. The predicted molar refractivity (Wildman–Crippen MR) is 28.9 cm³/mol. The van der Waals surface area contributed by atoms with E-state index in [1.807, 2.05) is 23.5 Å². The summed E-state index contributed by atoms with van der Waals surface area (Å²) in [5.41, 5.74) is 4.42. The molecule has 40 valence electrons. The molecule has 0 heterocycles. The van der Waals surface area contributed by atoms with Gasteiger partial charge in [0.1, 0.15) is 0 Å². The standard InChI is InChI=1S/C2H7N.H4NP.W/c1-3-2;1-2;/h3H,1-2H3;1-2H2;. The maximum absolute atomic E-state index is 4.42. The van der Waals surface area contributed by atoms with Crippen LogP contribution in [-0.2, 0) is 21.1 Å². The van der Waals surface area contributed by atoms with Crippen molar-refractivity contribution in [3.63, 3.8) is 0 Å². The molecule has 0 radical (unpaired) electrons. The minimum atomic E-state index is 0. The topological polar surface area (TPSA) is 38.0 Å². The van der Waals surface area contributed by atoms with Crippen LogP contribution in [-0.4, -0.2) is 14.1 Å². The molecule has 0 aliphatic carbocycles. The predicted octanol–water partition coefficient (Wildman–Crippen LogP) is -0.432. The molecular weight excluding hydrogens is 267 g/mol. The Morgan fingerprint density at radius 3 is 1.33 bits per heavy atom. The van der Waals surface area contributed by atoms with E-state index in [2.05, 4.69) is 10.8 Å². The second kappa shape index (κ2) is 36.9. The Morgan fingerprint density at radius 2 is 1.33 bits per heavy atom. The summed E-state index contributed by atoms with van der Waals surface area (Å²) in [5, 5.41) is 2.75. The van der Waals surface area contributed by atoms with Crippen LogP contribution < -0.4 is 10.8 Å². The van der Waals surface area contributed by atoms with Crippen molar-refractivity contribution in [3.8, 4) is 0 Å². The van der Waals surface area contributed by atoms with Crippen LogP contribution in [0.25, 0.3) is 0 Å². The zero-order valence-electron chi connectivity index (χ0n) is 4.06. The molecule has 0 amide bonds. The van der Waals surface area contributed by atoms with E-state index in [4.69, 9.17) is 0 Å². The summed E-state index contributed by atoms with van der Waals surface area (Å²) in [4.78, 5) is 0. The van der Waals surface area contributed by atoms with Gasteiger partial charge in [-0.25, -0.2) is 0 Å². The van der Waals surface area contributed by atoms with Crippen LogP contribution in [0.3, 0.4) is 0 Å². The fraction of sp³-hybridized carbons (Fsp3) is 1.00. The van der Waals surface area contributed by atoms with Gasteiger partial charge in [0.15, 0.2) is 0 Å². The third kappa shape index (κ3) is 76.2. The van der Waals surface area contributed by atoms with E-state index in [0.717, 1.165) is 0 Å². The van der Waals surface area contributed by atoms with E-state index in [1.165, 1.54) is 0 Å². The van der Waals surface area contributed by atoms with Crippen LogP contribution >= 0.6 is 9.39 Å². The molecule has 0 aromatic heterocycles. The molecule has 0 bridgehead atoms. The van der Waals surface area contributed by atoms with Crippen molar-refractivity contribution < 1.29 is 21.1 Å². The van der Waals surface area contributed by atoms with Gasteiger partial charge in [-0.15, -0.1) is 0 Å². The second-order valence-corrected chi connectivity index (χ2v) is 0.500. The van der Waals surface area contributed by atoms with E-state index in [0.29, 0.717) is 0 Å². The van der Waals surface area contributed by atoms with Gasteiger partial charge in [-0.1, -0.05) is 9.39 Å². The zero-order chi connectivity index (χ0) is 4.71. The van der Waals surface area contributed by atoms with Crippen molar-refractivity contribution >= 4 is 9.39 Å². The molecule has 0 aromatic carbocycles. The van der Waals surface area contributed by atoms with Crippen LogP contribution in [0.15, 0.2) is 0 Å². The average Bonchev–Trinajstić information content (AvgIpc) is 1.46. The second-order valence-electron chi connectivity index (χ2n) is 0.500. The van der Waals surface area contributed by atoms with E-state index in [-0.39, 0.29) is 21.1 Å². The smallest absolute Gasteiger partial charge is 0 e. The molecule has 1 unspecified atom stereocenters. The summed E-state index contributed by atoms with van der Waals surface area (Å²) < 4.78 is 0. The summed E-state index contributed by atoms with van der Waals surface area (Å²) in [6, 6.07) is 0. The molecule has 1 atom stereocenters. The van der Waals surface area contributed by atoms with Crippen molar-refractivity contribution in [1.29, 1.82) is 0 Å². The third-order valence-electron chi connectivity index (χ3n) is 0. The van der Waals surface area contributed by atoms with Gasteiger partial charge in [-0.05, 0) is 14.1 Å². The Kier molecular flexibility index (Phi) is 96.8. The number of nitrogens with one attached hydrogen (secondary N) is 1. The molecule has 0 fully saturated rings. The van der Waals surface area contributed by atoms with Crippen LogP contribution in [0.1, 0.15) is 0 Å². The molecule has 0 spiro atoms. The Hall–Kier alpha value is 1.04. The molecule has 4 heteroatoms. The number of hydrogen-bond acceptors (Lipinski definition) is 2. The van der Waals surface area contributed by atoms with Crippen LogP contribution in [0.2, 0.25) is 0 Å². The monoisotopic (exact) mass is 278 g/mol. The molecular formula is C2H11N2PW. The normalized spacial score (nSPS) is 4.00. The third-order valence-corrected chi connectivity index (χ3v) is 0. The van der Waals surface area contributed by atoms with Crippen molar-refractivity contribution in [2.75, 3.05) is 14.1 Å². The summed E-state index contributed by atoms with van der Waals surface area (Å²) in [6.07, 6.45) is 0. The van der Waals surface area contributed by atoms with Crippen molar-refractivity contribution in [1.82, 2.24) is 5.32 Å². The fourth-order valence-corrected chi connectivity index (χ4v) is 0. The van der Waals surface area contributed by atoms with Crippen LogP contribution in [0.4, 0.5) is 0 Å². The van der Waals surface area contributed by atoms with Gasteiger partial charge in [0, 0.05) is 21.1 Å². The van der Waals surface area contributed by atoms with Gasteiger partial charge < -0.3 is 10.8 Å². The molecule has 0 saturated heterocycles. The van der Waals surface area contributed by atoms with E-state index in [9.17, 15) is 0 Å². The van der Waals surface area contributed by atoms with Crippen molar-refractivity contribution in [3.05, 3.63) is 0 Å². The summed E-state index contributed by atoms with van der Waals surface area (Å²) in [6.45, 7) is 0. The molecule has 0 aliphatic rings. The number of nitrogens with two attached hydrogens (primary N) is 1. The van der Waals surface area contributed by atoms with Crippen LogP contribution in [0, 0.1) is 0 Å². The first-order chi connectivity index (χ1) is 2.41. The Balaban J connectivity index is -0.0000000275. The van der Waals surface area contributed by atoms with E-state index < -0.39 is 0 Å². The van der Waals surface area contributed by atoms with Crippen molar-refractivity contribution in [2.45, 2.75) is 0 Å². The molecule has 0 saturated carbocycles. The summed E-state index contributed by atoms with van der Waals surface area (Å²) in [7, 11) is 5.67. The quantitative estimate of drug-likeness (QED) is 0.590. The van der Waals surface area contributed by atoms with Gasteiger partial charge in [-0.3, -0.25) is 0 Å². The van der Waals surface area contributed by atoms with Gasteiger partial charge >= 0.3 is 0 Å². The summed E-state index contributed by atoms with van der Waals surface area (Å²) >= 11 is 0.